The van der Waals surface area contributed by atoms with E-state index in [0.717, 1.165) is 10.9 Å². The Morgan fingerprint density at radius 1 is 0.893 bits per heavy atom. The van der Waals surface area contributed by atoms with E-state index in [9.17, 15) is 4.79 Å². The van der Waals surface area contributed by atoms with Gasteiger partial charge < -0.3 is 4.74 Å². The number of carbonyl (C=O) groups is 1. The van der Waals surface area contributed by atoms with Gasteiger partial charge in [-0.15, -0.1) is 0 Å². The fourth-order valence-electron chi connectivity index (χ4n) is 3.01. The molecular weight excluding hydrogens is 395 g/mol. The van der Waals surface area contributed by atoms with E-state index >= 15 is 0 Å². The van der Waals surface area contributed by atoms with Crippen molar-refractivity contribution in [2.24, 2.45) is 0 Å². The molecule has 0 bridgehead atoms. The molecule has 0 aliphatic heterocycles. The predicted octanol–water partition coefficient (Wildman–Crippen LogP) is 5.84. The van der Waals surface area contributed by atoms with Crippen molar-refractivity contribution in [3.63, 3.8) is 0 Å². The number of aromatic nitrogens is 2. The van der Waals surface area contributed by atoms with Crippen molar-refractivity contribution in [1.29, 1.82) is 0 Å². The van der Waals surface area contributed by atoms with E-state index in [1.807, 2.05) is 12.1 Å². The van der Waals surface area contributed by atoms with Crippen LogP contribution in [0.15, 0.2) is 66.7 Å². The van der Waals surface area contributed by atoms with Crippen LogP contribution in [0.1, 0.15) is 15.9 Å². The van der Waals surface area contributed by atoms with E-state index in [1.165, 1.54) is 0 Å². The number of ether oxygens (including phenoxy) is 1. The fraction of sp³-hybridized carbons (Fsp3) is 0.0455. The monoisotopic (exact) mass is 408 g/mol. The topological polar surface area (TPSA) is 52.1 Å². The van der Waals surface area contributed by atoms with E-state index < -0.39 is 0 Å². The van der Waals surface area contributed by atoms with Crippen molar-refractivity contribution < 1.29 is 9.53 Å². The van der Waals surface area contributed by atoms with Crippen molar-refractivity contribution in [3.05, 3.63) is 88.2 Å². The lowest BCUT2D eigenvalue weighted by Crippen LogP contribution is -2.02. The van der Waals surface area contributed by atoms with Crippen LogP contribution in [0.3, 0.4) is 0 Å². The summed E-state index contributed by atoms with van der Waals surface area (Å²) in [6, 6.07) is 19.6. The first kappa shape index (κ1) is 18.4. The van der Waals surface area contributed by atoms with Crippen molar-refractivity contribution in [1.82, 2.24) is 9.97 Å². The minimum absolute atomic E-state index is 0.100. The molecule has 0 spiro atoms. The quantitative estimate of drug-likeness (QED) is 0.314. The maximum Gasteiger partial charge on any atom is 0.223 e. The van der Waals surface area contributed by atoms with Crippen LogP contribution in [0.2, 0.25) is 10.3 Å². The summed E-state index contributed by atoms with van der Waals surface area (Å²) in [4.78, 5) is 21.6. The third kappa shape index (κ3) is 3.57. The van der Waals surface area contributed by atoms with Gasteiger partial charge in [0.15, 0.2) is 5.78 Å². The molecule has 0 atom stereocenters. The van der Waals surface area contributed by atoms with Gasteiger partial charge in [-0.2, -0.15) is 0 Å². The number of fused-ring (bicyclic) bond motifs is 1. The average Bonchev–Trinajstić information content (AvgIpc) is 2.72. The number of halogens is 2. The highest BCUT2D eigenvalue weighted by Crippen LogP contribution is 2.30. The Kier molecular flexibility index (Phi) is 4.99. The van der Waals surface area contributed by atoms with E-state index in [4.69, 9.17) is 27.9 Å². The Bertz CT molecular complexity index is 1190. The first-order valence-corrected chi connectivity index (χ1v) is 9.23. The standard InChI is InChI=1S/C22H14Cl2N2O2/c1-28-17-8-5-13(6-9-17)21(27)15-7-10-19-18(12-15)20(26-22(24)25-19)14-3-2-4-16(23)11-14/h2-12H,1H3. The second kappa shape index (κ2) is 7.58. The lowest BCUT2D eigenvalue weighted by Gasteiger charge is -2.09. The van der Waals surface area contributed by atoms with Gasteiger partial charge in [-0.05, 0) is 66.2 Å². The average molecular weight is 409 g/mol. The van der Waals surface area contributed by atoms with Gasteiger partial charge >= 0.3 is 0 Å². The smallest absolute Gasteiger partial charge is 0.223 e. The van der Waals surface area contributed by atoms with Crippen molar-refractivity contribution >= 4 is 39.9 Å². The SMILES string of the molecule is COc1ccc(C(=O)c2ccc3nc(Cl)nc(-c4cccc(Cl)c4)c3c2)cc1. The minimum Gasteiger partial charge on any atom is -0.497 e. The number of ketones is 1. The summed E-state index contributed by atoms with van der Waals surface area (Å²) in [5.74, 6) is 0.595. The highest BCUT2D eigenvalue weighted by molar-refractivity contribution is 6.31. The van der Waals surface area contributed by atoms with Gasteiger partial charge in [-0.1, -0.05) is 23.7 Å². The maximum absolute atomic E-state index is 12.9. The number of methoxy groups -OCH3 is 1. The largest absolute Gasteiger partial charge is 0.497 e. The minimum atomic E-state index is -0.100. The van der Waals surface area contributed by atoms with Gasteiger partial charge in [-0.3, -0.25) is 4.79 Å². The van der Waals surface area contributed by atoms with Gasteiger partial charge in [0, 0.05) is 27.1 Å². The predicted molar refractivity (Wildman–Crippen MR) is 111 cm³/mol. The molecule has 0 N–H and O–H groups in total. The van der Waals surface area contributed by atoms with E-state index in [2.05, 4.69) is 9.97 Å². The molecule has 0 unspecified atom stereocenters. The molecule has 138 valence electrons. The molecule has 28 heavy (non-hydrogen) atoms. The van der Waals surface area contributed by atoms with Crippen LogP contribution in [0.5, 0.6) is 5.75 Å². The molecule has 3 aromatic carbocycles. The van der Waals surface area contributed by atoms with Crippen LogP contribution in [0, 0.1) is 0 Å². The van der Waals surface area contributed by atoms with E-state index in [1.54, 1.807) is 61.7 Å². The second-order valence-corrected chi connectivity index (χ2v) is 6.92. The number of rotatable bonds is 4. The van der Waals surface area contributed by atoms with Gasteiger partial charge in [0.1, 0.15) is 5.75 Å². The molecule has 4 nitrogen and oxygen atoms in total. The van der Waals surface area contributed by atoms with Crippen LogP contribution in [0.25, 0.3) is 22.2 Å². The highest BCUT2D eigenvalue weighted by Gasteiger charge is 2.14. The Balaban J connectivity index is 1.84. The van der Waals surface area contributed by atoms with Crippen LogP contribution in [-0.2, 0) is 0 Å². The maximum atomic E-state index is 12.9. The molecule has 1 heterocycles. The zero-order valence-electron chi connectivity index (χ0n) is 14.8. The van der Waals surface area contributed by atoms with Gasteiger partial charge in [-0.25, -0.2) is 9.97 Å². The molecule has 6 heteroatoms. The Hall–Kier alpha value is -2.95. The number of hydrogen-bond acceptors (Lipinski definition) is 4. The Morgan fingerprint density at radius 3 is 2.36 bits per heavy atom. The summed E-state index contributed by atoms with van der Waals surface area (Å²) < 4.78 is 5.15. The number of carbonyl (C=O) groups excluding carboxylic acids is 1. The number of hydrogen-bond donors (Lipinski definition) is 0. The Morgan fingerprint density at radius 2 is 1.64 bits per heavy atom. The zero-order valence-corrected chi connectivity index (χ0v) is 16.3. The molecule has 0 amide bonds. The molecule has 0 aliphatic carbocycles. The van der Waals surface area contributed by atoms with Crippen molar-refractivity contribution in [2.45, 2.75) is 0 Å². The molecule has 4 aromatic rings. The van der Waals surface area contributed by atoms with Gasteiger partial charge in [0.2, 0.25) is 5.28 Å². The van der Waals surface area contributed by atoms with Crippen LogP contribution in [0.4, 0.5) is 0 Å². The zero-order chi connectivity index (χ0) is 19.7. The van der Waals surface area contributed by atoms with E-state index in [0.29, 0.717) is 33.1 Å². The summed E-state index contributed by atoms with van der Waals surface area (Å²) >= 11 is 12.2. The molecule has 1 aromatic heterocycles. The molecule has 0 saturated carbocycles. The van der Waals surface area contributed by atoms with Crippen LogP contribution in [-0.4, -0.2) is 22.9 Å². The first-order valence-electron chi connectivity index (χ1n) is 8.47. The third-order valence-corrected chi connectivity index (χ3v) is 4.79. The lowest BCUT2D eigenvalue weighted by atomic mass is 9.99. The van der Waals surface area contributed by atoms with Crippen LogP contribution >= 0.6 is 23.2 Å². The summed E-state index contributed by atoms with van der Waals surface area (Å²) in [5.41, 5.74) is 3.19. The fourth-order valence-corrected chi connectivity index (χ4v) is 3.37. The summed E-state index contributed by atoms with van der Waals surface area (Å²) in [7, 11) is 1.59. The Labute approximate surface area is 171 Å². The first-order chi connectivity index (χ1) is 13.5. The number of benzene rings is 3. The molecule has 0 saturated heterocycles. The molecular formula is C22H14Cl2N2O2. The van der Waals surface area contributed by atoms with Gasteiger partial charge in [0.05, 0.1) is 18.3 Å². The van der Waals surface area contributed by atoms with Crippen molar-refractivity contribution in [3.8, 4) is 17.0 Å². The van der Waals surface area contributed by atoms with Gasteiger partial charge in [0.25, 0.3) is 0 Å². The molecule has 0 aliphatic rings. The summed E-state index contributed by atoms with van der Waals surface area (Å²) in [6.07, 6.45) is 0. The summed E-state index contributed by atoms with van der Waals surface area (Å²) in [6.45, 7) is 0. The molecule has 4 rings (SSSR count). The van der Waals surface area contributed by atoms with Crippen molar-refractivity contribution in [2.75, 3.05) is 7.11 Å². The highest BCUT2D eigenvalue weighted by atomic mass is 35.5. The molecule has 0 fully saturated rings. The normalized spacial score (nSPS) is 10.8. The number of nitrogens with zero attached hydrogens (tertiary/aromatic N) is 2. The van der Waals surface area contributed by atoms with Crippen LogP contribution < -0.4 is 4.74 Å². The molecule has 0 radical (unpaired) electrons. The summed E-state index contributed by atoms with van der Waals surface area (Å²) in [5, 5.41) is 1.45. The third-order valence-electron chi connectivity index (χ3n) is 4.38. The van der Waals surface area contributed by atoms with E-state index in [-0.39, 0.29) is 11.1 Å². The lowest BCUT2D eigenvalue weighted by molar-refractivity contribution is 0.103. The second-order valence-electron chi connectivity index (χ2n) is 6.14.